The molecule has 0 aliphatic carbocycles. The first-order valence-corrected chi connectivity index (χ1v) is 12.7. The van der Waals surface area contributed by atoms with E-state index in [0.29, 0.717) is 5.69 Å². The van der Waals surface area contributed by atoms with Crippen molar-refractivity contribution in [3.8, 4) is 5.69 Å². The van der Waals surface area contributed by atoms with Crippen LogP contribution in [0.3, 0.4) is 0 Å². The summed E-state index contributed by atoms with van der Waals surface area (Å²) in [5, 5.41) is 2.88. The van der Waals surface area contributed by atoms with Crippen molar-refractivity contribution in [1.29, 1.82) is 0 Å². The van der Waals surface area contributed by atoms with Crippen LogP contribution in [0.15, 0.2) is 90.3 Å². The molecule has 0 unspecified atom stereocenters. The Kier molecular flexibility index (Phi) is 7.02. The van der Waals surface area contributed by atoms with Crippen LogP contribution in [0.4, 0.5) is 5.69 Å². The molecular weight excluding hydrogens is 460 g/mol. The van der Waals surface area contributed by atoms with E-state index >= 15 is 0 Å². The Labute approximate surface area is 206 Å². The Hall–Kier alpha value is -3.91. The molecule has 0 aliphatic heterocycles. The lowest BCUT2D eigenvalue weighted by Crippen LogP contribution is -2.40. The molecule has 1 heterocycles. The van der Waals surface area contributed by atoms with Crippen molar-refractivity contribution < 1.29 is 13.2 Å². The van der Waals surface area contributed by atoms with Crippen LogP contribution in [-0.4, -0.2) is 30.4 Å². The second-order valence-corrected chi connectivity index (χ2v) is 10.3. The average molecular weight is 489 g/mol. The number of carbonyl (C=O) groups excluding carboxylic acids is 1. The maximum absolute atomic E-state index is 13.6. The van der Waals surface area contributed by atoms with Gasteiger partial charge in [0.25, 0.3) is 10.0 Å². The number of rotatable bonds is 8. The van der Waals surface area contributed by atoms with Crippen molar-refractivity contribution in [3.05, 3.63) is 108 Å². The zero-order valence-electron chi connectivity index (χ0n) is 20.0. The van der Waals surface area contributed by atoms with Crippen molar-refractivity contribution >= 4 is 21.6 Å². The summed E-state index contributed by atoms with van der Waals surface area (Å²) in [6.07, 6.45) is 5.21. The van der Waals surface area contributed by atoms with E-state index in [4.69, 9.17) is 0 Å². The van der Waals surface area contributed by atoms with Gasteiger partial charge in [0.15, 0.2) is 0 Å². The molecule has 35 heavy (non-hydrogen) atoms. The normalized spacial score (nSPS) is 11.3. The third-order valence-electron chi connectivity index (χ3n) is 5.92. The number of anilines is 1. The van der Waals surface area contributed by atoms with Gasteiger partial charge < -0.3 is 9.88 Å². The molecule has 0 saturated heterocycles. The fraction of sp³-hybridized carbons (Fsp3) is 0.185. The summed E-state index contributed by atoms with van der Waals surface area (Å²) in [5.74, 6) is -0.403. The highest BCUT2D eigenvalue weighted by atomic mass is 32.2. The van der Waals surface area contributed by atoms with Crippen molar-refractivity contribution in [1.82, 2.24) is 14.9 Å². The summed E-state index contributed by atoms with van der Waals surface area (Å²) in [6.45, 7) is 5.68. The number of amides is 1. The lowest BCUT2D eigenvalue weighted by Gasteiger charge is -2.25. The minimum Gasteiger partial charge on any atom is -0.350 e. The number of nitrogens with zero attached hydrogens (tertiary/aromatic N) is 3. The Bertz CT molecular complexity index is 1430. The summed E-state index contributed by atoms with van der Waals surface area (Å²) >= 11 is 0. The summed E-state index contributed by atoms with van der Waals surface area (Å²) < 4.78 is 30.2. The zero-order valence-corrected chi connectivity index (χ0v) is 20.8. The van der Waals surface area contributed by atoms with Gasteiger partial charge in [0.1, 0.15) is 6.54 Å². The lowest BCUT2D eigenvalue weighted by molar-refractivity contribution is -0.119. The van der Waals surface area contributed by atoms with E-state index in [1.165, 1.54) is 4.31 Å². The van der Waals surface area contributed by atoms with Gasteiger partial charge in [0.2, 0.25) is 5.91 Å². The molecule has 1 aromatic heterocycles. The highest BCUT2D eigenvalue weighted by Crippen LogP contribution is 2.26. The summed E-state index contributed by atoms with van der Waals surface area (Å²) in [7, 11) is -3.96. The van der Waals surface area contributed by atoms with Crippen molar-refractivity contribution in [2.75, 3.05) is 10.8 Å². The molecule has 0 fully saturated rings. The molecule has 3 aromatic carbocycles. The second kappa shape index (κ2) is 10.1. The highest BCUT2D eigenvalue weighted by molar-refractivity contribution is 7.92. The Morgan fingerprint density at radius 3 is 2.40 bits per heavy atom. The molecule has 0 spiro atoms. The number of carbonyl (C=O) groups is 1. The van der Waals surface area contributed by atoms with Crippen LogP contribution in [0.5, 0.6) is 0 Å². The maximum Gasteiger partial charge on any atom is 0.264 e. The van der Waals surface area contributed by atoms with Gasteiger partial charge in [0.05, 0.1) is 22.6 Å². The lowest BCUT2D eigenvalue weighted by atomic mass is 10.1. The van der Waals surface area contributed by atoms with Crippen LogP contribution in [0, 0.1) is 20.8 Å². The second-order valence-electron chi connectivity index (χ2n) is 8.47. The quantitative estimate of drug-likeness (QED) is 0.401. The molecule has 4 rings (SSSR count). The summed E-state index contributed by atoms with van der Waals surface area (Å²) in [6, 6.07) is 19.7. The first kappa shape index (κ1) is 24.2. The van der Waals surface area contributed by atoms with E-state index in [-0.39, 0.29) is 18.0 Å². The molecule has 8 heteroatoms. The van der Waals surface area contributed by atoms with E-state index in [1.54, 1.807) is 48.9 Å². The van der Waals surface area contributed by atoms with Crippen LogP contribution in [-0.2, 0) is 21.4 Å². The number of hydrogen-bond donors (Lipinski definition) is 1. The molecule has 1 amide bonds. The number of para-hydroxylation sites is 1. The minimum atomic E-state index is -3.96. The fourth-order valence-electron chi connectivity index (χ4n) is 3.73. The number of aromatic nitrogens is 2. The zero-order chi connectivity index (χ0) is 25.0. The van der Waals surface area contributed by atoms with Crippen molar-refractivity contribution in [2.24, 2.45) is 0 Å². The number of hydrogen-bond acceptors (Lipinski definition) is 4. The Balaban J connectivity index is 1.60. The van der Waals surface area contributed by atoms with Crippen LogP contribution in [0.2, 0.25) is 0 Å². The van der Waals surface area contributed by atoms with Gasteiger partial charge in [-0.3, -0.25) is 9.10 Å². The predicted octanol–water partition coefficient (Wildman–Crippen LogP) is 4.31. The van der Waals surface area contributed by atoms with Gasteiger partial charge in [-0.15, -0.1) is 0 Å². The van der Waals surface area contributed by atoms with Crippen LogP contribution < -0.4 is 9.62 Å². The molecule has 0 saturated carbocycles. The highest BCUT2D eigenvalue weighted by Gasteiger charge is 2.27. The van der Waals surface area contributed by atoms with Gasteiger partial charge in [-0.25, -0.2) is 13.4 Å². The van der Waals surface area contributed by atoms with Crippen LogP contribution in [0.25, 0.3) is 5.69 Å². The number of benzene rings is 3. The number of aryl methyl sites for hydroxylation is 3. The van der Waals surface area contributed by atoms with Crippen LogP contribution >= 0.6 is 0 Å². The first-order chi connectivity index (χ1) is 16.8. The van der Waals surface area contributed by atoms with Crippen molar-refractivity contribution in [3.63, 3.8) is 0 Å². The standard InChI is InChI=1S/C27H28N4O3S/c1-20-8-12-25(13-9-20)35(33,34)31(24-11-10-21(2)22(3)16-24)18-27(32)29-17-23-6-4-5-7-26(23)30-15-14-28-19-30/h4-16,19H,17-18H2,1-3H3,(H,29,32). The van der Waals surface area contributed by atoms with Gasteiger partial charge in [-0.1, -0.05) is 42.0 Å². The molecule has 0 aliphatic rings. The first-order valence-electron chi connectivity index (χ1n) is 11.3. The molecule has 0 bridgehead atoms. The SMILES string of the molecule is Cc1ccc(S(=O)(=O)N(CC(=O)NCc2ccccc2-n2ccnc2)c2ccc(C)c(C)c2)cc1. The molecule has 1 N–H and O–H groups in total. The number of sulfonamides is 1. The summed E-state index contributed by atoms with van der Waals surface area (Å²) in [4.78, 5) is 17.3. The van der Waals surface area contributed by atoms with E-state index in [1.807, 2.05) is 61.9 Å². The number of nitrogens with one attached hydrogen (secondary N) is 1. The smallest absolute Gasteiger partial charge is 0.264 e. The van der Waals surface area contributed by atoms with E-state index in [9.17, 15) is 13.2 Å². The maximum atomic E-state index is 13.6. The third-order valence-corrected chi connectivity index (χ3v) is 7.71. The van der Waals surface area contributed by atoms with E-state index in [0.717, 1.165) is 27.9 Å². The molecule has 180 valence electrons. The fourth-order valence-corrected chi connectivity index (χ4v) is 5.14. The van der Waals surface area contributed by atoms with Gasteiger partial charge in [-0.2, -0.15) is 0 Å². The number of imidazole rings is 1. The predicted molar refractivity (Wildman–Crippen MR) is 137 cm³/mol. The molecule has 0 radical (unpaired) electrons. The van der Waals surface area contributed by atoms with Crippen LogP contribution in [0.1, 0.15) is 22.3 Å². The Morgan fingerprint density at radius 1 is 0.971 bits per heavy atom. The molecular formula is C27H28N4O3S. The van der Waals surface area contributed by atoms with Crippen molar-refractivity contribution in [2.45, 2.75) is 32.2 Å². The molecule has 7 nitrogen and oxygen atoms in total. The third kappa shape index (κ3) is 5.44. The van der Waals surface area contributed by atoms with E-state index < -0.39 is 15.9 Å². The molecule has 4 aromatic rings. The van der Waals surface area contributed by atoms with Gasteiger partial charge in [-0.05, 0) is 67.8 Å². The molecule has 0 atom stereocenters. The summed E-state index contributed by atoms with van der Waals surface area (Å²) in [5.41, 5.74) is 5.17. The largest absolute Gasteiger partial charge is 0.350 e. The minimum absolute atomic E-state index is 0.139. The Morgan fingerprint density at radius 2 is 1.71 bits per heavy atom. The average Bonchev–Trinajstić information content (AvgIpc) is 3.38. The topological polar surface area (TPSA) is 84.3 Å². The van der Waals surface area contributed by atoms with Gasteiger partial charge >= 0.3 is 0 Å². The van der Waals surface area contributed by atoms with Gasteiger partial charge in [0, 0.05) is 18.9 Å². The van der Waals surface area contributed by atoms with E-state index in [2.05, 4.69) is 10.3 Å². The monoisotopic (exact) mass is 488 g/mol.